The van der Waals surface area contributed by atoms with Crippen LogP contribution in [0.4, 0.5) is 0 Å². The van der Waals surface area contributed by atoms with Crippen molar-refractivity contribution in [2.24, 2.45) is 0 Å². The van der Waals surface area contributed by atoms with Crippen LogP contribution in [0.1, 0.15) is 19.8 Å². The Morgan fingerprint density at radius 1 is 1.33 bits per heavy atom. The summed E-state index contributed by atoms with van der Waals surface area (Å²) in [5, 5.41) is 3.12. The smallest absolute Gasteiger partial charge is 0.237 e. The lowest BCUT2D eigenvalue weighted by Crippen LogP contribution is -2.38. The van der Waals surface area contributed by atoms with E-state index in [2.05, 4.69) is 25.4 Å². The summed E-state index contributed by atoms with van der Waals surface area (Å²) in [6.45, 7) is 11.9. The molecular formula is C12H22N2O. The molecule has 0 aliphatic carbocycles. The number of nitrogens with zero attached hydrogens (tertiary/aromatic N) is 1. The third kappa shape index (κ3) is 6.91. The van der Waals surface area contributed by atoms with Crippen LogP contribution in [-0.2, 0) is 4.79 Å². The number of hydrogen-bond acceptors (Lipinski definition) is 2. The molecule has 86 valence electrons. The monoisotopic (exact) mass is 210 g/mol. The first kappa shape index (κ1) is 13.9. The van der Waals surface area contributed by atoms with Gasteiger partial charge in [0.05, 0.1) is 6.54 Å². The Hall–Kier alpha value is -1.09. The van der Waals surface area contributed by atoms with Crippen LogP contribution in [0.25, 0.3) is 0 Å². The first-order valence-electron chi connectivity index (χ1n) is 5.46. The summed E-state index contributed by atoms with van der Waals surface area (Å²) in [5.41, 5.74) is 0. The number of unbranched alkanes of at least 4 members (excludes halogenated alkanes) is 1. The molecule has 15 heavy (non-hydrogen) atoms. The molecule has 0 radical (unpaired) electrons. The molecule has 1 N–H and O–H groups in total. The highest BCUT2D eigenvalue weighted by Crippen LogP contribution is 1.91. The number of nitrogens with one attached hydrogen (secondary N) is 1. The molecule has 0 aromatic carbocycles. The zero-order valence-corrected chi connectivity index (χ0v) is 9.67. The summed E-state index contributed by atoms with van der Waals surface area (Å²) in [5.74, 6) is 0.103. The molecule has 0 saturated heterocycles. The van der Waals surface area contributed by atoms with Crippen molar-refractivity contribution in [1.29, 1.82) is 0 Å². The summed E-state index contributed by atoms with van der Waals surface area (Å²) in [6, 6.07) is 0. The molecule has 0 rings (SSSR count). The van der Waals surface area contributed by atoms with Gasteiger partial charge >= 0.3 is 0 Å². The van der Waals surface area contributed by atoms with Gasteiger partial charge in [-0.2, -0.15) is 0 Å². The van der Waals surface area contributed by atoms with E-state index in [1.54, 1.807) is 17.1 Å². The van der Waals surface area contributed by atoms with Crippen molar-refractivity contribution in [1.82, 2.24) is 10.2 Å². The topological polar surface area (TPSA) is 32.3 Å². The second-order valence-corrected chi connectivity index (χ2v) is 3.41. The maximum Gasteiger partial charge on any atom is 0.237 e. The third-order valence-electron chi connectivity index (χ3n) is 2.04. The molecule has 0 bridgehead atoms. The highest BCUT2D eigenvalue weighted by molar-refractivity contribution is 5.78. The van der Waals surface area contributed by atoms with Crippen molar-refractivity contribution in [2.45, 2.75) is 19.8 Å². The Morgan fingerprint density at radius 3 is 2.40 bits per heavy atom. The number of amides is 1. The van der Waals surface area contributed by atoms with Gasteiger partial charge in [0.25, 0.3) is 0 Å². The molecule has 0 saturated carbocycles. The van der Waals surface area contributed by atoms with Crippen LogP contribution < -0.4 is 5.32 Å². The van der Waals surface area contributed by atoms with Crippen LogP contribution in [0.15, 0.2) is 25.3 Å². The van der Waals surface area contributed by atoms with Gasteiger partial charge in [-0.25, -0.2) is 0 Å². The van der Waals surface area contributed by atoms with Gasteiger partial charge in [0.15, 0.2) is 0 Å². The van der Waals surface area contributed by atoms with E-state index in [4.69, 9.17) is 0 Å². The normalized spacial score (nSPS) is 9.67. The quantitative estimate of drug-likeness (QED) is 0.463. The Labute approximate surface area is 92.8 Å². The van der Waals surface area contributed by atoms with Gasteiger partial charge in [-0.3, -0.25) is 4.79 Å². The molecule has 0 aromatic rings. The fourth-order valence-corrected chi connectivity index (χ4v) is 1.20. The van der Waals surface area contributed by atoms with E-state index in [0.717, 1.165) is 19.4 Å². The van der Waals surface area contributed by atoms with Crippen molar-refractivity contribution < 1.29 is 4.79 Å². The first-order chi connectivity index (χ1) is 7.26. The van der Waals surface area contributed by atoms with Crippen LogP contribution in [0.5, 0.6) is 0 Å². The second-order valence-electron chi connectivity index (χ2n) is 3.41. The Bertz CT molecular complexity index is 192. The minimum atomic E-state index is 0.103. The van der Waals surface area contributed by atoms with E-state index < -0.39 is 0 Å². The van der Waals surface area contributed by atoms with Crippen molar-refractivity contribution in [3.63, 3.8) is 0 Å². The van der Waals surface area contributed by atoms with Gasteiger partial charge in [-0.05, 0) is 13.0 Å². The third-order valence-corrected chi connectivity index (χ3v) is 2.04. The van der Waals surface area contributed by atoms with Crippen molar-refractivity contribution in [2.75, 3.05) is 26.2 Å². The second kappa shape index (κ2) is 9.46. The highest BCUT2D eigenvalue weighted by Gasteiger charge is 2.08. The predicted octanol–water partition coefficient (Wildman–Crippen LogP) is 1.58. The SMILES string of the molecule is C=CCN(CC=C)C(=O)CNCCCC. The zero-order chi connectivity index (χ0) is 11.5. The lowest BCUT2D eigenvalue weighted by molar-refractivity contribution is -0.129. The molecule has 0 unspecified atom stereocenters. The Kier molecular flexibility index (Phi) is 8.78. The molecule has 0 heterocycles. The minimum absolute atomic E-state index is 0.103. The number of carbonyl (C=O) groups excluding carboxylic acids is 1. The molecule has 0 aromatic heterocycles. The predicted molar refractivity (Wildman–Crippen MR) is 64.8 cm³/mol. The molecule has 0 atom stereocenters. The van der Waals surface area contributed by atoms with Crippen LogP contribution in [0.3, 0.4) is 0 Å². The molecule has 3 nitrogen and oxygen atoms in total. The zero-order valence-electron chi connectivity index (χ0n) is 9.67. The lowest BCUT2D eigenvalue weighted by Gasteiger charge is -2.19. The number of carbonyl (C=O) groups is 1. The standard InChI is InChI=1S/C12H22N2O/c1-4-7-8-13-11-12(15)14(9-5-2)10-6-3/h5-6,13H,2-4,7-11H2,1H3. The van der Waals surface area contributed by atoms with E-state index in [-0.39, 0.29) is 5.91 Å². The molecule has 0 spiro atoms. The van der Waals surface area contributed by atoms with E-state index in [9.17, 15) is 4.79 Å². The maximum atomic E-state index is 11.7. The Balaban J connectivity index is 3.80. The molecule has 3 heteroatoms. The van der Waals surface area contributed by atoms with Gasteiger partial charge in [-0.1, -0.05) is 25.5 Å². The number of rotatable bonds is 9. The Morgan fingerprint density at radius 2 is 1.93 bits per heavy atom. The fourth-order valence-electron chi connectivity index (χ4n) is 1.20. The van der Waals surface area contributed by atoms with Gasteiger partial charge in [-0.15, -0.1) is 13.2 Å². The molecule has 1 amide bonds. The molecule has 0 fully saturated rings. The summed E-state index contributed by atoms with van der Waals surface area (Å²) in [4.78, 5) is 13.4. The fraction of sp³-hybridized carbons (Fsp3) is 0.583. The summed E-state index contributed by atoms with van der Waals surface area (Å²) in [7, 11) is 0. The van der Waals surface area contributed by atoms with Crippen LogP contribution in [-0.4, -0.2) is 37.0 Å². The van der Waals surface area contributed by atoms with Crippen molar-refractivity contribution in [3.8, 4) is 0 Å². The van der Waals surface area contributed by atoms with E-state index in [0.29, 0.717) is 19.6 Å². The van der Waals surface area contributed by atoms with E-state index in [1.165, 1.54) is 0 Å². The molecule has 0 aliphatic rings. The molecular weight excluding hydrogens is 188 g/mol. The van der Waals surface area contributed by atoms with E-state index >= 15 is 0 Å². The lowest BCUT2D eigenvalue weighted by atomic mass is 10.3. The van der Waals surface area contributed by atoms with Crippen molar-refractivity contribution in [3.05, 3.63) is 25.3 Å². The van der Waals surface area contributed by atoms with Crippen LogP contribution in [0, 0.1) is 0 Å². The average Bonchev–Trinajstić information content (AvgIpc) is 2.24. The molecule has 0 aliphatic heterocycles. The summed E-state index contributed by atoms with van der Waals surface area (Å²) < 4.78 is 0. The maximum absolute atomic E-state index is 11.7. The summed E-state index contributed by atoms with van der Waals surface area (Å²) in [6.07, 6.45) is 5.71. The van der Waals surface area contributed by atoms with Gasteiger partial charge < -0.3 is 10.2 Å². The largest absolute Gasteiger partial charge is 0.334 e. The summed E-state index contributed by atoms with van der Waals surface area (Å²) >= 11 is 0. The van der Waals surface area contributed by atoms with Crippen LogP contribution in [0.2, 0.25) is 0 Å². The highest BCUT2D eigenvalue weighted by atomic mass is 16.2. The van der Waals surface area contributed by atoms with E-state index in [1.807, 2.05) is 0 Å². The van der Waals surface area contributed by atoms with Crippen LogP contribution >= 0.6 is 0 Å². The number of hydrogen-bond donors (Lipinski definition) is 1. The van der Waals surface area contributed by atoms with Gasteiger partial charge in [0.1, 0.15) is 0 Å². The first-order valence-corrected chi connectivity index (χ1v) is 5.46. The van der Waals surface area contributed by atoms with Crippen molar-refractivity contribution >= 4 is 5.91 Å². The average molecular weight is 210 g/mol. The van der Waals surface area contributed by atoms with Gasteiger partial charge in [0.2, 0.25) is 5.91 Å². The minimum Gasteiger partial charge on any atom is -0.334 e. The van der Waals surface area contributed by atoms with Gasteiger partial charge in [0, 0.05) is 13.1 Å².